The van der Waals surface area contributed by atoms with E-state index in [1.807, 2.05) is 49.5 Å². The van der Waals surface area contributed by atoms with Crippen molar-refractivity contribution in [2.45, 2.75) is 91.5 Å². The number of rotatable bonds is 9. The van der Waals surface area contributed by atoms with Crippen LogP contribution in [-0.2, 0) is 29.4 Å². The zero-order valence-electron chi connectivity index (χ0n) is 26.5. The molecule has 2 aromatic carbocycles. The molecule has 0 unspecified atom stereocenters. The Hall–Kier alpha value is -2.88. The van der Waals surface area contributed by atoms with Gasteiger partial charge in [0.1, 0.15) is 0 Å². The number of aliphatic hydroxyl groups excluding tert-OH is 1. The number of aromatic nitrogens is 1. The molecule has 1 amide bonds. The largest absolute Gasteiger partial charge is 0.390 e. The molecule has 0 bridgehead atoms. The topological polar surface area (TPSA) is 104 Å². The van der Waals surface area contributed by atoms with Crippen molar-refractivity contribution in [3.05, 3.63) is 65.4 Å². The highest BCUT2D eigenvalue weighted by Crippen LogP contribution is 2.45. The van der Waals surface area contributed by atoms with Gasteiger partial charge in [-0.05, 0) is 73.1 Å². The minimum Gasteiger partial charge on any atom is -0.390 e. The van der Waals surface area contributed by atoms with E-state index in [2.05, 4.69) is 42.9 Å². The van der Waals surface area contributed by atoms with Crippen LogP contribution in [0.1, 0.15) is 75.4 Å². The van der Waals surface area contributed by atoms with Gasteiger partial charge in [-0.2, -0.15) is 0 Å². The van der Waals surface area contributed by atoms with Gasteiger partial charge in [0.2, 0.25) is 10.0 Å². The number of hydrogen-bond donors (Lipinski definition) is 3. The van der Waals surface area contributed by atoms with Crippen molar-refractivity contribution in [1.29, 1.82) is 0 Å². The van der Waals surface area contributed by atoms with Crippen LogP contribution in [0.4, 0.5) is 5.69 Å². The summed E-state index contributed by atoms with van der Waals surface area (Å²) in [7, 11) is -1.95. The van der Waals surface area contributed by atoms with E-state index in [4.69, 9.17) is 0 Å². The average Bonchev–Trinajstić information content (AvgIpc) is 3.26. The number of nitrogens with zero attached hydrogens (tertiary/aromatic N) is 2. The molecule has 3 aromatic rings. The number of benzene rings is 2. The minimum atomic E-state index is -3.51. The van der Waals surface area contributed by atoms with Gasteiger partial charge in [-0.15, -0.1) is 0 Å². The number of aryl methyl sites for hydroxylation is 2. The molecule has 1 aliphatic heterocycles. The van der Waals surface area contributed by atoms with Crippen LogP contribution in [0.5, 0.6) is 0 Å². The van der Waals surface area contributed by atoms with Crippen LogP contribution < -0.4 is 14.9 Å². The van der Waals surface area contributed by atoms with Gasteiger partial charge < -0.3 is 20.3 Å². The summed E-state index contributed by atoms with van der Waals surface area (Å²) in [6.45, 7) is 12.3. The highest BCUT2D eigenvalue weighted by molar-refractivity contribution is 7.92. The molecule has 0 radical (unpaired) electrons. The van der Waals surface area contributed by atoms with Crippen molar-refractivity contribution >= 4 is 32.5 Å². The van der Waals surface area contributed by atoms with Gasteiger partial charge in [-0.1, -0.05) is 58.0 Å². The standard InChI is InChI=1S/C34H48N4O4S/c1-7-38-21-24-13-14-43(41,42)37(6)28-16-25(17-29(38)31(24)28)32(40)36-27(15-23-11-9-8-10-12-23)30(39)20-35-26-18-33(2,3)22-34(4,5)19-26/h8-12,16-17,21,26-27,30,35,39H,7,13-15,18-20,22H2,1-6H3,(H,36,40)/t27-,30+/m0/s1. The molecule has 234 valence electrons. The summed E-state index contributed by atoms with van der Waals surface area (Å²) in [5, 5.41) is 19.1. The van der Waals surface area contributed by atoms with E-state index in [0.29, 0.717) is 37.2 Å². The van der Waals surface area contributed by atoms with Crippen molar-refractivity contribution in [3.63, 3.8) is 0 Å². The molecule has 2 heterocycles. The Balaban J connectivity index is 1.42. The summed E-state index contributed by atoms with van der Waals surface area (Å²) in [5.74, 6) is -0.311. The fraction of sp³-hybridized carbons (Fsp3) is 0.559. The summed E-state index contributed by atoms with van der Waals surface area (Å²) < 4.78 is 29.3. The first-order valence-corrected chi connectivity index (χ1v) is 17.2. The highest BCUT2D eigenvalue weighted by atomic mass is 32.2. The predicted molar refractivity (Wildman–Crippen MR) is 174 cm³/mol. The van der Waals surface area contributed by atoms with Crippen molar-refractivity contribution in [3.8, 4) is 0 Å². The maximum absolute atomic E-state index is 13.9. The second kappa shape index (κ2) is 11.9. The highest BCUT2D eigenvalue weighted by Gasteiger charge is 2.38. The summed E-state index contributed by atoms with van der Waals surface area (Å²) >= 11 is 0. The van der Waals surface area contributed by atoms with Crippen molar-refractivity contribution in [2.24, 2.45) is 10.8 Å². The third-order valence-electron chi connectivity index (χ3n) is 9.28. The molecule has 43 heavy (non-hydrogen) atoms. The molecule has 0 spiro atoms. The van der Waals surface area contributed by atoms with Gasteiger partial charge in [-0.25, -0.2) is 8.42 Å². The van der Waals surface area contributed by atoms with E-state index >= 15 is 0 Å². The lowest BCUT2D eigenvalue weighted by atomic mass is 9.63. The molecule has 2 aliphatic rings. The zero-order chi connectivity index (χ0) is 31.2. The van der Waals surface area contributed by atoms with Gasteiger partial charge in [0.25, 0.3) is 5.91 Å². The Morgan fingerprint density at radius 3 is 2.42 bits per heavy atom. The van der Waals surface area contributed by atoms with Crippen LogP contribution >= 0.6 is 0 Å². The number of sulfonamides is 1. The van der Waals surface area contributed by atoms with Crippen molar-refractivity contribution < 1.29 is 18.3 Å². The summed E-state index contributed by atoms with van der Waals surface area (Å²) in [6.07, 6.45) is 5.33. The molecule has 0 saturated heterocycles. The van der Waals surface area contributed by atoms with Gasteiger partial charge in [0.15, 0.2) is 0 Å². The van der Waals surface area contributed by atoms with E-state index < -0.39 is 22.2 Å². The number of amides is 1. The van der Waals surface area contributed by atoms with E-state index in [9.17, 15) is 18.3 Å². The number of aliphatic hydroxyl groups is 1. The Morgan fingerprint density at radius 1 is 1.09 bits per heavy atom. The second-order valence-corrected chi connectivity index (χ2v) is 16.3. The summed E-state index contributed by atoms with van der Waals surface area (Å²) in [4.78, 5) is 13.9. The van der Waals surface area contributed by atoms with Crippen LogP contribution in [0.2, 0.25) is 0 Å². The van der Waals surface area contributed by atoms with Crippen molar-refractivity contribution in [1.82, 2.24) is 15.2 Å². The summed E-state index contributed by atoms with van der Waals surface area (Å²) in [6, 6.07) is 13.1. The normalized spacial score (nSPS) is 20.9. The molecule has 8 nitrogen and oxygen atoms in total. The number of anilines is 1. The summed E-state index contributed by atoms with van der Waals surface area (Å²) in [5.41, 5.74) is 4.17. The van der Waals surface area contributed by atoms with E-state index in [-0.39, 0.29) is 28.5 Å². The van der Waals surface area contributed by atoms with Crippen LogP contribution in [0.3, 0.4) is 0 Å². The average molecular weight is 609 g/mol. The van der Waals surface area contributed by atoms with Crippen LogP contribution in [0.15, 0.2) is 48.7 Å². The fourth-order valence-corrected chi connectivity index (χ4v) is 8.86. The molecule has 1 fully saturated rings. The van der Waals surface area contributed by atoms with E-state index in [1.54, 1.807) is 13.1 Å². The van der Waals surface area contributed by atoms with Gasteiger partial charge in [0.05, 0.1) is 29.1 Å². The number of nitrogens with one attached hydrogen (secondary N) is 2. The van der Waals surface area contributed by atoms with Crippen molar-refractivity contribution in [2.75, 3.05) is 23.7 Å². The molecular weight excluding hydrogens is 560 g/mol. The Labute approximate surface area is 256 Å². The Morgan fingerprint density at radius 2 is 1.77 bits per heavy atom. The number of carbonyl (C=O) groups excluding carboxylic acids is 1. The molecule has 3 N–H and O–H groups in total. The minimum absolute atomic E-state index is 0.0240. The fourth-order valence-electron chi connectivity index (χ4n) is 7.67. The zero-order valence-corrected chi connectivity index (χ0v) is 27.3. The smallest absolute Gasteiger partial charge is 0.251 e. The first kappa shape index (κ1) is 31.5. The predicted octanol–water partition coefficient (Wildman–Crippen LogP) is 4.88. The lowest BCUT2D eigenvalue weighted by Crippen LogP contribution is -2.52. The molecule has 1 aliphatic carbocycles. The first-order valence-electron chi connectivity index (χ1n) is 15.6. The lowest BCUT2D eigenvalue weighted by Gasteiger charge is -2.45. The first-order chi connectivity index (χ1) is 20.2. The molecule has 5 rings (SSSR count). The van der Waals surface area contributed by atoms with Gasteiger partial charge in [0, 0.05) is 43.3 Å². The quantitative estimate of drug-likeness (QED) is 0.321. The monoisotopic (exact) mass is 608 g/mol. The SMILES string of the molecule is CCn1cc2c3c(cc(C(=O)N[C@@H](Cc4ccccc4)[C@H](O)CNC4CC(C)(C)CC(C)(C)C4)cc31)N(C)S(=O)(=O)CC2. The van der Waals surface area contributed by atoms with Gasteiger partial charge >= 0.3 is 0 Å². The van der Waals surface area contributed by atoms with Gasteiger partial charge in [-0.3, -0.25) is 9.10 Å². The van der Waals surface area contributed by atoms with Crippen LogP contribution in [0.25, 0.3) is 10.9 Å². The third-order valence-corrected chi connectivity index (χ3v) is 11.0. The van der Waals surface area contributed by atoms with E-state index in [0.717, 1.165) is 34.9 Å². The molecular formula is C34H48N4O4S. The third kappa shape index (κ3) is 6.94. The van der Waals surface area contributed by atoms with Crippen LogP contribution in [-0.4, -0.2) is 61.5 Å². The maximum atomic E-state index is 13.9. The molecule has 1 saturated carbocycles. The number of hydrogen-bond acceptors (Lipinski definition) is 5. The van der Waals surface area contributed by atoms with E-state index in [1.165, 1.54) is 10.7 Å². The maximum Gasteiger partial charge on any atom is 0.251 e. The lowest BCUT2D eigenvalue weighted by molar-refractivity contribution is 0.0663. The van der Waals surface area contributed by atoms with Crippen LogP contribution in [0, 0.1) is 10.8 Å². The molecule has 9 heteroatoms. The Bertz CT molecular complexity index is 1560. The molecule has 1 aromatic heterocycles. The molecule has 2 atom stereocenters. The second-order valence-electron chi connectivity index (χ2n) is 14.2. The Kier molecular flexibility index (Phi) is 8.73. The number of carbonyl (C=O) groups is 1.